The monoisotopic (exact) mass is 342 g/mol. The van der Waals surface area contributed by atoms with E-state index in [2.05, 4.69) is 10.1 Å². The summed E-state index contributed by atoms with van der Waals surface area (Å²) in [4.78, 5) is 25.9. The molecule has 0 saturated carbocycles. The predicted molar refractivity (Wildman–Crippen MR) is 81.8 cm³/mol. The summed E-state index contributed by atoms with van der Waals surface area (Å²) in [6, 6.07) is 5.27. The topological polar surface area (TPSA) is 67.9 Å². The third-order valence-electron chi connectivity index (χ3n) is 3.56. The highest BCUT2D eigenvalue weighted by atomic mass is 19.3. The highest BCUT2D eigenvalue weighted by molar-refractivity contribution is 5.88. The number of halogens is 2. The van der Waals surface area contributed by atoms with Gasteiger partial charge in [0.25, 0.3) is 0 Å². The number of hydrogen-bond acceptors (Lipinski definition) is 4. The third kappa shape index (κ3) is 5.45. The average Bonchev–Trinajstić information content (AvgIpc) is 2.54. The number of ether oxygens (including phenoxy) is 2. The molecule has 1 heterocycles. The largest absolute Gasteiger partial charge is 0.435 e. The lowest BCUT2D eigenvalue weighted by Gasteiger charge is -2.29. The van der Waals surface area contributed by atoms with Crippen molar-refractivity contribution in [3.8, 4) is 5.75 Å². The summed E-state index contributed by atoms with van der Waals surface area (Å²) in [5, 5.41) is 2.63. The van der Waals surface area contributed by atoms with Crippen LogP contribution in [0.15, 0.2) is 24.3 Å². The zero-order valence-corrected chi connectivity index (χ0v) is 13.3. The lowest BCUT2D eigenvalue weighted by atomic mass is 10.1. The second-order valence-corrected chi connectivity index (χ2v) is 5.43. The molecule has 1 unspecified atom stereocenters. The van der Waals surface area contributed by atoms with Crippen LogP contribution in [-0.4, -0.2) is 55.7 Å². The Kier molecular flexibility index (Phi) is 6.48. The van der Waals surface area contributed by atoms with Crippen LogP contribution < -0.4 is 10.1 Å². The minimum absolute atomic E-state index is 0.00672. The van der Waals surface area contributed by atoms with E-state index < -0.39 is 12.7 Å². The van der Waals surface area contributed by atoms with E-state index in [0.29, 0.717) is 31.9 Å². The van der Waals surface area contributed by atoms with Crippen LogP contribution in [0, 0.1) is 0 Å². The van der Waals surface area contributed by atoms with Crippen LogP contribution in [0.25, 0.3) is 0 Å². The SMILES string of the molecule is CC(NC(=O)Cc1cccc(OC(F)F)c1)C(=O)N1CCOCC1. The summed E-state index contributed by atoms with van der Waals surface area (Å²) in [6.07, 6.45) is -0.0266. The first-order valence-corrected chi connectivity index (χ1v) is 7.65. The molecule has 0 radical (unpaired) electrons. The fraction of sp³-hybridized carbons (Fsp3) is 0.500. The molecule has 1 aromatic carbocycles. The first-order chi connectivity index (χ1) is 11.5. The van der Waals surface area contributed by atoms with Gasteiger partial charge in [-0.05, 0) is 24.6 Å². The summed E-state index contributed by atoms with van der Waals surface area (Å²) in [6.45, 7) is 0.692. The van der Waals surface area contributed by atoms with Crippen molar-refractivity contribution in [1.82, 2.24) is 10.2 Å². The van der Waals surface area contributed by atoms with E-state index in [4.69, 9.17) is 4.74 Å². The molecule has 8 heteroatoms. The van der Waals surface area contributed by atoms with E-state index in [1.54, 1.807) is 17.9 Å². The molecule has 6 nitrogen and oxygen atoms in total. The normalized spacial score (nSPS) is 15.9. The summed E-state index contributed by atoms with van der Waals surface area (Å²) in [5.41, 5.74) is 0.525. The number of rotatable bonds is 6. The molecule has 2 amide bonds. The number of benzene rings is 1. The number of nitrogens with one attached hydrogen (secondary N) is 1. The van der Waals surface area contributed by atoms with Gasteiger partial charge in [0.1, 0.15) is 11.8 Å². The van der Waals surface area contributed by atoms with Crippen LogP contribution in [0.4, 0.5) is 8.78 Å². The van der Waals surface area contributed by atoms with E-state index in [-0.39, 0.29) is 24.0 Å². The number of carbonyl (C=O) groups excluding carboxylic acids is 2. The summed E-state index contributed by atoms with van der Waals surface area (Å²) < 4.78 is 33.9. The van der Waals surface area contributed by atoms with Gasteiger partial charge in [-0.15, -0.1) is 0 Å². The fourth-order valence-corrected chi connectivity index (χ4v) is 2.43. The van der Waals surface area contributed by atoms with Crippen LogP contribution in [-0.2, 0) is 20.7 Å². The van der Waals surface area contributed by atoms with Gasteiger partial charge in [0, 0.05) is 13.1 Å². The Morgan fingerprint density at radius 1 is 1.33 bits per heavy atom. The van der Waals surface area contributed by atoms with Crippen molar-refractivity contribution < 1.29 is 27.8 Å². The summed E-state index contributed by atoms with van der Waals surface area (Å²) in [5.74, 6) is -0.535. The molecule has 2 rings (SSSR count). The summed E-state index contributed by atoms with van der Waals surface area (Å²) >= 11 is 0. The van der Waals surface area contributed by atoms with Gasteiger partial charge in [0.2, 0.25) is 11.8 Å². The molecule has 0 bridgehead atoms. The van der Waals surface area contributed by atoms with Crippen LogP contribution in [0.1, 0.15) is 12.5 Å². The lowest BCUT2D eigenvalue weighted by molar-refractivity contribution is -0.139. The Bertz CT molecular complexity index is 577. The van der Waals surface area contributed by atoms with E-state index in [9.17, 15) is 18.4 Å². The zero-order valence-electron chi connectivity index (χ0n) is 13.3. The molecule has 1 fully saturated rings. The molecular formula is C16H20F2N2O4. The van der Waals surface area contributed by atoms with Crippen LogP contribution in [0.5, 0.6) is 5.75 Å². The molecule has 1 N–H and O–H groups in total. The van der Waals surface area contributed by atoms with Gasteiger partial charge < -0.3 is 19.7 Å². The molecule has 0 aromatic heterocycles. The van der Waals surface area contributed by atoms with Crippen molar-refractivity contribution >= 4 is 11.8 Å². The van der Waals surface area contributed by atoms with E-state index in [0.717, 1.165) is 0 Å². The standard InChI is InChI=1S/C16H20F2N2O4/c1-11(15(22)20-5-7-23-8-6-20)19-14(21)10-12-3-2-4-13(9-12)24-16(17)18/h2-4,9,11,16H,5-8,10H2,1H3,(H,19,21). The first kappa shape index (κ1) is 18.1. The highest BCUT2D eigenvalue weighted by Gasteiger charge is 2.23. The smallest absolute Gasteiger partial charge is 0.387 e. The minimum atomic E-state index is -2.92. The number of carbonyl (C=O) groups is 2. The number of morpholine rings is 1. The molecule has 1 saturated heterocycles. The van der Waals surface area contributed by atoms with E-state index >= 15 is 0 Å². The Labute approximate surface area is 138 Å². The molecule has 1 aliphatic heterocycles. The Balaban J connectivity index is 1.86. The van der Waals surface area contributed by atoms with Crippen LogP contribution in [0.2, 0.25) is 0 Å². The maximum absolute atomic E-state index is 12.2. The molecule has 0 spiro atoms. The quantitative estimate of drug-likeness (QED) is 0.843. The van der Waals surface area contributed by atoms with Gasteiger partial charge >= 0.3 is 6.61 Å². The van der Waals surface area contributed by atoms with Gasteiger partial charge in [-0.2, -0.15) is 8.78 Å². The zero-order chi connectivity index (χ0) is 17.5. The third-order valence-corrected chi connectivity index (χ3v) is 3.56. The van der Waals surface area contributed by atoms with E-state index in [1.165, 1.54) is 18.2 Å². The second kappa shape index (κ2) is 8.58. The Hall–Kier alpha value is -2.22. The first-order valence-electron chi connectivity index (χ1n) is 7.65. The maximum atomic E-state index is 12.2. The number of hydrogen-bond donors (Lipinski definition) is 1. The Morgan fingerprint density at radius 3 is 2.71 bits per heavy atom. The van der Waals surface area contributed by atoms with Crippen molar-refractivity contribution in [2.75, 3.05) is 26.3 Å². The maximum Gasteiger partial charge on any atom is 0.387 e. The van der Waals surface area contributed by atoms with Gasteiger partial charge in [0.05, 0.1) is 19.6 Å². The van der Waals surface area contributed by atoms with Gasteiger partial charge in [-0.1, -0.05) is 12.1 Å². The molecular weight excluding hydrogens is 322 g/mol. The second-order valence-electron chi connectivity index (χ2n) is 5.43. The Morgan fingerprint density at radius 2 is 2.04 bits per heavy atom. The molecule has 1 atom stereocenters. The molecule has 24 heavy (non-hydrogen) atoms. The van der Waals surface area contributed by atoms with Crippen LogP contribution in [0.3, 0.4) is 0 Å². The predicted octanol–water partition coefficient (Wildman–Crippen LogP) is 1.19. The van der Waals surface area contributed by atoms with Crippen LogP contribution >= 0.6 is 0 Å². The molecule has 1 aliphatic rings. The van der Waals surface area contributed by atoms with Crippen molar-refractivity contribution in [1.29, 1.82) is 0 Å². The molecule has 0 aliphatic carbocycles. The van der Waals surface area contributed by atoms with Crippen molar-refractivity contribution in [3.05, 3.63) is 29.8 Å². The van der Waals surface area contributed by atoms with Gasteiger partial charge in [0.15, 0.2) is 0 Å². The summed E-state index contributed by atoms with van der Waals surface area (Å²) in [7, 11) is 0. The molecule has 1 aromatic rings. The fourth-order valence-electron chi connectivity index (χ4n) is 2.43. The van der Waals surface area contributed by atoms with Crippen molar-refractivity contribution in [2.45, 2.75) is 26.0 Å². The number of alkyl halides is 2. The van der Waals surface area contributed by atoms with Gasteiger partial charge in [-0.25, -0.2) is 0 Å². The minimum Gasteiger partial charge on any atom is -0.435 e. The number of nitrogens with zero attached hydrogens (tertiary/aromatic N) is 1. The highest BCUT2D eigenvalue weighted by Crippen LogP contribution is 2.16. The van der Waals surface area contributed by atoms with Gasteiger partial charge in [-0.3, -0.25) is 9.59 Å². The lowest BCUT2D eigenvalue weighted by Crippen LogP contribution is -2.50. The number of amides is 2. The van der Waals surface area contributed by atoms with Crippen molar-refractivity contribution in [2.24, 2.45) is 0 Å². The van der Waals surface area contributed by atoms with E-state index in [1.807, 2.05) is 0 Å². The van der Waals surface area contributed by atoms with Crippen molar-refractivity contribution in [3.63, 3.8) is 0 Å². The molecule has 132 valence electrons. The average molecular weight is 342 g/mol.